The summed E-state index contributed by atoms with van der Waals surface area (Å²) in [4.78, 5) is 25.6. The van der Waals surface area contributed by atoms with Gasteiger partial charge in [0.15, 0.2) is 0 Å². The number of piperidine rings is 1. The molecule has 0 saturated carbocycles. The Morgan fingerprint density at radius 2 is 2.06 bits per heavy atom. The monoisotopic (exact) mass is 444 g/mol. The highest BCUT2D eigenvalue weighted by Gasteiger charge is 2.29. The molecule has 0 spiro atoms. The van der Waals surface area contributed by atoms with Crippen molar-refractivity contribution < 1.29 is 19.2 Å². The summed E-state index contributed by atoms with van der Waals surface area (Å²) < 4.78 is 13.0. The van der Waals surface area contributed by atoms with E-state index in [1.807, 2.05) is 27.7 Å². The summed E-state index contributed by atoms with van der Waals surface area (Å²) in [6.45, 7) is 8.79. The van der Waals surface area contributed by atoms with E-state index in [9.17, 15) is 14.9 Å². The molecule has 2 aromatic rings. The van der Waals surface area contributed by atoms with Crippen LogP contribution < -0.4 is 9.64 Å². The number of nitro benzene ring substituents is 1. The normalized spacial score (nSPS) is 16.7. The number of carbonyl (C=O) groups is 1. The second kappa shape index (κ2) is 9.58. The number of aromatic nitrogens is 2. The van der Waals surface area contributed by atoms with E-state index in [1.165, 1.54) is 6.07 Å². The van der Waals surface area contributed by atoms with Gasteiger partial charge in [-0.1, -0.05) is 0 Å². The molecule has 9 heteroatoms. The zero-order chi connectivity index (χ0) is 23.5. The van der Waals surface area contributed by atoms with Crippen LogP contribution in [-0.2, 0) is 16.6 Å². The minimum absolute atomic E-state index is 0.0626. The summed E-state index contributed by atoms with van der Waals surface area (Å²) in [6.07, 6.45) is 4.57. The first-order chi connectivity index (χ1) is 15.0. The molecule has 174 valence electrons. The lowest BCUT2D eigenvalue weighted by atomic mass is 9.92. The van der Waals surface area contributed by atoms with Gasteiger partial charge in [0, 0.05) is 44.3 Å². The molecule has 2 heterocycles. The van der Waals surface area contributed by atoms with E-state index in [2.05, 4.69) is 10.00 Å². The fraction of sp³-hybridized carbons (Fsp3) is 0.565. The van der Waals surface area contributed by atoms with Gasteiger partial charge in [-0.15, -0.1) is 0 Å². The summed E-state index contributed by atoms with van der Waals surface area (Å²) in [7, 11) is 1.77. The molecule has 0 unspecified atom stereocenters. The van der Waals surface area contributed by atoms with Crippen LogP contribution in [-0.4, -0.2) is 39.4 Å². The van der Waals surface area contributed by atoms with E-state index < -0.39 is 5.60 Å². The molecule has 1 aromatic carbocycles. The molecule has 0 aliphatic carbocycles. The van der Waals surface area contributed by atoms with Crippen LogP contribution in [0.3, 0.4) is 0 Å². The quantitative estimate of drug-likeness (QED) is 0.344. The van der Waals surface area contributed by atoms with Crippen LogP contribution in [0.15, 0.2) is 24.4 Å². The van der Waals surface area contributed by atoms with Crippen molar-refractivity contribution in [3.05, 3.63) is 40.1 Å². The number of ether oxygens (including phenoxy) is 2. The Bertz CT molecular complexity index is 979. The van der Waals surface area contributed by atoms with Gasteiger partial charge in [0.25, 0.3) is 5.69 Å². The molecule has 32 heavy (non-hydrogen) atoms. The van der Waals surface area contributed by atoms with Crippen LogP contribution in [0.5, 0.6) is 11.6 Å². The standard InChI is InChI=1S/C23H32N4O5/c1-16-19(31-20-12-13-24-25(20)5)10-9-18(27(29)30)22(16)26-14-6-7-17(15-26)8-11-21(28)32-23(2,3)4/h9-10,12-13,17H,6-8,11,14-15H2,1-5H3/t17-/m0/s1. The van der Waals surface area contributed by atoms with E-state index in [0.29, 0.717) is 42.3 Å². The molecule has 3 rings (SSSR count). The van der Waals surface area contributed by atoms with Crippen molar-refractivity contribution in [2.45, 2.75) is 59.0 Å². The van der Waals surface area contributed by atoms with Gasteiger partial charge in [-0.3, -0.25) is 14.9 Å². The number of benzene rings is 1. The van der Waals surface area contributed by atoms with Crippen molar-refractivity contribution >= 4 is 17.3 Å². The average Bonchev–Trinajstić information content (AvgIpc) is 3.11. The Kier molecular flexibility index (Phi) is 7.06. The molecule has 0 radical (unpaired) electrons. The number of hydrogen-bond donors (Lipinski definition) is 0. The highest BCUT2D eigenvalue weighted by atomic mass is 16.6. The fourth-order valence-corrected chi connectivity index (χ4v) is 4.12. The summed E-state index contributed by atoms with van der Waals surface area (Å²) in [6, 6.07) is 4.88. The summed E-state index contributed by atoms with van der Waals surface area (Å²) in [5.41, 5.74) is 0.860. The minimum atomic E-state index is -0.498. The maximum absolute atomic E-state index is 12.1. The van der Waals surface area contributed by atoms with Gasteiger partial charge in [-0.05, 0) is 58.9 Å². The Hall–Kier alpha value is -3.10. The second-order valence-electron chi connectivity index (χ2n) is 9.29. The predicted octanol–water partition coefficient (Wildman–Crippen LogP) is 4.77. The summed E-state index contributed by atoms with van der Waals surface area (Å²) in [5, 5.41) is 15.9. The lowest BCUT2D eigenvalue weighted by Crippen LogP contribution is -2.36. The van der Waals surface area contributed by atoms with Gasteiger partial charge >= 0.3 is 5.97 Å². The number of hydrogen-bond acceptors (Lipinski definition) is 7. The van der Waals surface area contributed by atoms with Crippen LogP contribution >= 0.6 is 0 Å². The van der Waals surface area contributed by atoms with E-state index in [1.54, 1.807) is 30.1 Å². The summed E-state index contributed by atoms with van der Waals surface area (Å²) >= 11 is 0. The maximum Gasteiger partial charge on any atom is 0.306 e. The number of rotatable bonds is 7. The predicted molar refractivity (Wildman–Crippen MR) is 121 cm³/mol. The van der Waals surface area contributed by atoms with Crippen LogP contribution in [0.1, 0.15) is 52.0 Å². The van der Waals surface area contributed by atoms with Crippen molar-refractivity contribution in [1.29, 1.82) is 0 Å². The first-order valence-corrected chi connectivity index (χ1v) is 11.0. The van der Waals surface area contributed by atoms with E-state index in [-0.39, 0.29) is 22.5 Å². The Morgan fingerprint density at radius 3 is 2.69 bits per heavy atom. The second-order valence-corrected chi connectivity index (χ2v) is 9.29. The molecule has 0 amide bonds. The van der Waals surface area contributed by atoms with Gasteiger partial charge in [0.2, 0.25) is 5.88 Å². The fourth-order valence-electron chi connectivity index (χ4n) is 4.12. The zero-order valence-electron chi connectivity index (χ0n) is 19.5. The lowest BCUT2D eigenvalue weighted by Gasteiger charge is -2.35. The number of esters is 1. The molecule has 1 fully saturated rings. The minimum Gasteiger partial charge on any atom is -0.460 e. The molecule has 1 atom stereocenters. The molecule has 1 saturated heterocycles. The SMILES string of the molecule is Cc1c(Oc2ccnn2C)ccc([N+](=O)[O-])c1N1CCC[C@@H](CCC(=O)OC(C)(C)C)C1. The molecule has 1 aliphatic rings. The molecule has 0 bridgehead atoms. The Labute approximate surface area is 188 Å². The van der Waals surface area contributed by atoms with Gasteiger partial charge in [0.05, 0.1) is 11.1 Å². The van der Waals surface area contributed by atoms with Crippen LogP contribution in [0, 0.1) is 23.0 Å². The first kappa shape index (κ1) is 23.6. The van der Waals surface area contributed by atoms with Gasteiger partial charge in [-0.2, -0.15) is 5.10 Å². The highest BCUT2D eigenvalue weighted by molar-refractivity contribution is 5.72. The molecular weight excluding hydrogens is 412 g/mol. The first-order valence-electron chi connectivity index (χ1n) is 11.0. The Balaban J connectivity index is 1.79. The maximum atomic E-state index is 12.1. The average molecular weight is 445 g/mol. The number of anilines is 1. The third-order valence-electron chi connectivity index (χ3n) is 5.56. The number of nitrogens with zero attached hydrogens (tertiary/aromatic N) is 4. The van der Waals surface area contributed by atoms with Crippen molar-refractivity contribution in [3.63, 3.8) is 0 Å². The molecule has 9 nitrogen and oxygen atoms in total. The zero-order valence-corrected chi connectivity index (χ0v) is 19.5. The van der Waals surface area contributed by atoms with Gasteiger partial charge < -0.3 is 14.4 Å². The largest absolute Gasteiger partial charge is 0.460 e. The number of nitro groups is 1. The Morgan fingerprint density at radius 1 is 1.31 bits per heavy atom. The van der Waals surface area contributed by atoms with Crippen LogP contribution in [0.4, 0.5) is 11.4 Å². The third-order valence-corrected chi connectivity index (χ3v) is 5.56. The lowest BCUT2D eigenvalue weighted by molar-refractivity contribution is -0.384. The van der Waals surface area contributed by atoms with Crippen molar-refractivity contribution in [3.8, 4) is 11.6 Å². The van der Waals surface area contributed by atoms with E-state index >= 15 is 0 Å². The van der Waals surface area contributed by atoms with Crippen molar-refractivity contribution in [2.24, 2.45) is 13.0 Å². The van der Waals surface area contributed by atoms with Gasteiger partial charge in [-0.25, -0.2) is 4.68 Å². The molecule has 0 N–H and O–H groups in total. The van der Waals surface area contributed by atoms with Gasteiger partial charge in [0.1, 0.15) is 17.0 Å². The van der Waals surface area contributed by atoms with Crippen molar-refractivity contribution in [2.75, 3.05) is 18.0 Å². The molecule has 1 aromatic heterocycles. The smallest absolute Gasteiger partial charge is 0.306 e. The van der Waals surface area contributed by atoms with Crippen molar-refractivity contribution in [1.82, 2.24) is 9.78 Å². The van der Waals surface area contributed by atoms with Crippen LogP contribution in [0.2, 0.25) is 0 Å². The third kappa shape index (κ3) is 5.77. The number of aryl methyl sites for hydroxylation is 1. The topological polar surface area (TPSA) is 99.7 Å². The molecule has 1 aliphatic heterocycles. The van der Waals surface area contributed by atoms with E-state index in [0.717, 1.165) is 19.4 Å². The highest BCUT2D eigenvalue weighted by Crippen LogP contribution is 2.41. The molecular formula is C23H32N4O5. The summed E-state index contributed by atoms with van der Waals surface area (Å²) in [5.74, 6) is 1.17. The van der Waals surface area contributed by atoms with Crippen LogP contribution in [0.25, 0.3) is 0 Å². The van der Waals surface area contributed by atoms with E-state index in [4.69, 9.17) is 9.47 Å². The number of carbonyl (C=O) groups excluding carboxylic acids is 1.